The fourth-order valence-electron chi connectivity index (χ4n) is 5.16. The highest BCUT2D eigenvalue weighted by Gasteiger charge is 2.38. The second-order valence-corrected chi connectivity index (χ2v) is 10.5. The lowest BCUT2D eigenvalue weighted by molar-refractivity contribution is -0.140. The van der Waals surface area contributed by atoms with E-state index in [0.717, 1.165) is 0 Å². The van der Waals surface area contributed by atoms with Gasteiger partial charge in [-0.1, -0.05) is 32.0 Å². The topological polar surface area (TPSA) is 123 Å². The average molecular weight is 546 g/mol. The minimum absolute atomic E-state index is 0.0564. The molecule has 0 unspecified atom stereocenters. The van der Waals surface area contributed by atoms with Crippen LogP contribution in [0.15, 0.2) is 60.5 Å². The van der Waals surface area contributed by atoms with Crippen molar-refractivity contribution in [2.75, 3.05) is 24.5 Å². The fraction of sp³-hybridized carbons (Fsp3) is 0.321. The lowest BCUT2D eigenvalue weighted by Gasteiger charge is -2.48. The molecule has 1 fully saturated rings. The summed E-state index contributed by atoms with van der Waals surface area (Å²) in [5.41, 5.74) is 0.886. The van der Waals surface area contributed by atoms with Crippen molar-refractivity contribution in [3.63, 3.8) is 0 Å². The minimum atomic E-state index is -0.934. The number of aromatic nitrogens is 4. The summed E-state index contributed by atoms with van der Waals surface area (Å²) in [6.45, 7) is 9.33. The summed E-state index contributed by atoms with van der Waals surface area (Å²) in [6, 6.07) is 9.22. The van der Waals surface area contributed by atoms with Crippen LogP contribution in [0, 0.1) is 16.6 Å². The third kappa shape index (κ3) is 4.76. The molecule has 3 aromatic heterocycles. The van der Waals surface area contributed by atoms with Gasteiger partial charge in [-0.05, 0) is 32.0 Å². The van der Waals surface area contributed by atoms with Gasteiger partial charge < -0.3 is 9.80 Å². The second-order valence-electron chi connectivity index (χ2n) is 10.5. The lowest BCUT2D eigenvalue weighted by atomic mass is 9.96. The summed E-state index contributed by atoms with van der Waals surface area (Å²) in [6.07, 6.45) is 4.51. The van der Waals surface area contributed by atoms with Crippen molar-refractivity contribution >= 4 is 28.7 Å². The predicted octanol–water partition coefficient (Wildman–Crippen LogP) is 4.54. The van der Waals surface area contributed by atoms with Crippen LogP contribution in [0.25, 0.3) is 28.0 Å². The Morgan fingerprint density at radius 2 is 1.85 bits per heavy atom. The van der Waals surface area contributed by atoms with Crippen molar-refractivity contribution in [1.82, 2.24) is 24.4 Å². The summed E-state index contributed by atoms with van der Waals surface area (Å²) in [5, 5.41) is 2.79. The maximum absolute atomic E-state index is 15.2. The molecule has 12 heteroatoms. The summed E-state index contributed by atoms with van der Waals surface area (Å²) in [7, 11) is 0. The number of hydrogen-bond donors (Lipinski definition) is 0. The summed E-state index contributed by atoms with van der Waals surface area (Å²) < 4.78 is 16.8. The van der Waals surface area contributed by atoms with E-state index in [1.54, 1.807) is 29.0 Å². The van der Waals surface area contributed by atoms with E-state index in [-0.39, 0.29) is 17.4 Å². The van der Waals surface area contributed by atoms with Crippen LogP contribution in [0.4, 0.5) is 10.2 Å². The Bertz CT molecular complexity index is 1620. The van der Waals surface area contributed by atoms with E-state index >= 15 is 4.39 Å². The average Bonchev–Trinajstić information content (AvgIpc) is 3.32. The second kappa shape index (κ2) is 10.4. The molecule has 1 amide bonds. The number of hydrogen-bond acceptors (Lipinski definition) is 9. The molecule has 4 heterocycles. The number of halogens is 1. The number of piperazine rings is 1. The lowest BCUT2D eigenvalue weighted by Crippen LogP contribution is -2.62. The molecular weight excluding hydrogens is 517 g/mol. The third-order valence-corrected chi connectivity index (χ3v) is 7.04. The first-order chi connectivity index (χ1) is 19.1. The Balaban J connectivity index is 1.67. The molecule has 0 radical (unpaired) electrons. The number of nitrogens with zero attached hydrogens (tertiary/aromatic N) is 7. The maximum atomic E-state index is 15.2. The van der Waals surface area contributed by atoms with Gasteiger partial charge in [0.15, 0.2) is 11.0 Å². The van der Waals surface area contributed by atoms with Gasteiger partial charge in [0.1, 0.15) is 23.8 Å². The molecule has 0 saturated carbocycles. The predicted molar refractivity (Wildman–Crippen MR) is 146 cm³/mol. The summed E-state index contributed by atoms with van der Waals surface area (Å²) in [4.78, 5) is 57.2. The molecule has 0 bridgehead atoms. The van der Waals surface area contributed by atoms with Gasteiger partial charge in [0.05, 0.1) is 16.5 Å². The largest absolute Gasteiger partial charge is 0.369 e. The molecule has 0 spiro atoms. The molecule has 0 N–H and O–H groups in total. The van der Waals surface area contributed by atoms with Crippen LogP contribution in [0.5, 0.6) is 0 Å². The molecule has 206 valence electrons. The number of fused-ring (bicyclic) bond motifs is 1. The van der Waals surface area contributed by atoms with Crippen molar-refractivity contribution in [1.29, 1.82) is 0 Å². The number of anilines is 1. The molecule has 5 rings (SSSR count). The Morgan fingerprint density at radius 3 is 2.55 bits per heavy atom. The van der Waals surface area contributed by atoms with Crippen LogP contribution < -0.4 is 4.90 Å². The van der Waals surface area contributed by atoms with Gasteiger partial charge in [-0.25, -0.2) is 24.1 Å². The zero-order valence-corrected chi connectivity index (χ0v) is 22.5. The molecule has 11 nitrogen and oxygen atoms in total. The van der Waals surface area contributed by atoms with Gasteiger partial charge in [-0.15, -0.1) is 4.91 Å². The number of benzene rings is 1. The van der Waals surface area contributed by atoms with Crippen molar-refractivity contribution in [2.24, 2.45) is 11.3 Å². The Labute approximate surface area is 229 Å². The number of pyridine rings is 1. The number of amides is 1. The zero-order chi connectivity index (χ0) is 28.6. The Hall–Kier alpha value is -4.74. The molecule has 1 aliphatic rings. The number of carbonyl (C=O) groups is 2. The van der Waals surface area contributed by atoms with E-state index in [9.17, 15) is 14.5 Å². The summed E-state index contributed by atoms with van der Waals surface area (Å²) in [5.74, 6) is -0.508. The molecular formula is C28H28FN7O4. The number of carbonyl (C=O) groups excluding carboxylic acids is 2. The first-order valence-corrected chi connectivity index (χ1v) is 12.8. The zero-order valence-electron chi connectivity index (χ0n) is 22.5. The van der Waals surface area contributed by atoms with E-state index in [4.69, 9.17) is 0 Å². The molecule has 0 atom stereocenters. The van der Waals surface area contributed by atoms with Crippen LogP contribution in [0.3, 0.4) is 0 Å². The molecule has 1 saturated heterocycles. The van der Waals surface area contributed by atoms with Gasteiger partial charge in [-0.3, -0.25) is 14.2 Å². The SMILES string of the molecule is CC(C)C(=O)N1CCN(c2ncnc3c2c(-c2ccccc2F)cn3-c2cc(C(=O)ON=O)ccn2)CC1(C)C. The van der Waals surface area contributed by atoms with Crippen molar-refractivity contribution in [3.05, 3.63) is 71.4 Å². The smallest absolute Gasteiger partial charge is 0.352 e. The van der Waals surface area contributed by atoms with E-state index in [0.29, 0.717) is 53.4 Å². The highest BCUT2D eigenvalue weighted by molar-refractivity contribution is 6.02. The monoisotopic (exact) mass is 545 g/mol. The molecule has 1 aliphatic heterocycles. The first-order valence-electron chi connectivity index (χ1n) is 12.8. The van der Waals surface area contributed by atoms with Crippen molar-refractivity contribution < 1.29 is 18.8 Å². The quantitative estimate of drug-likeness (QED) is 0.256. The van der Waals surface area contributed by atoms with Crippen LogP contribution in [0.1, 0.15) is 38.1 Å². The van der Waals surface area contributed by atoms with Gasteiger partial charge in [0.25, 0.3) is 0 Å². The Morgan fingerprint density at radius 1 is 1.07 bits per heavy atom. The normalized spacial score (nSPS) is 14.9. The van der Waals surface area contributed by atoms with Crippen LogP contribution in [-0.4, -0.2) is 61.5 Å². The van der Waals surface area contributed by atoms with Crippen molar-refractivity contribution in [2.45, 2.75) is 33.2 Å². The highest BCUT2D eigenvalue weighted by atomic mass is 19.1. The molecule has 1 aromatic carbocycles. The minimum Gasteiger partial charge on any atom is -0.352 e. The molecule has 40 heavy (non-hydrogen) atoms. The van der Waals surface area contributed by atoms with Crippen LogP contribution in [0.2, 0.25) is 0 Å². The Kier molecular flexibility index (Phi) is 7.01. The van der Waals surface area contributed by atoms with Gasteiger partial charge >= 0.3 is 5.97 Å². The van der Waals surface area contributed by atoms with Crippen LogP contribution >= 0.6 is 0 Å². The first kappa shape index (κ1) is 26.9. The molecule has 4 aromatic rings. The maximum Gasteiger partial charge on any atom is 0.369 e. The number of rotatable bonds is 6. The van der Waals surface area contributed by atoms with E-state index in [1.807, 2.05) is 32.6 Å². The third-order valence-electron chi connectivity index (χ3n) is 7.04. The van der Waals surface area contributed by atoms with E-state index in [2.05, 4.69) is 30.0 Å². The molecule has 0 aliphatic carbocycles. The fourth-order valence-corrected chi connectivity index (χ4v) is 5.16. The van der Waals surface area contributed by atoms with Gasteiger partial charge in [-0.2, -0.15) is 0 Å². The van der Waals surface area contributed by atoms with Crippen LogP contribution in [-0.2, 0) is 9.63 Å². The van der Waals surface area contributed by atoms with Gasteiger partial charge in [0.2, 0.25) is 5.91 Å². The van der Waals surface area contributed by atoms with E-state index < -0.39 is 17.3 Å². The van der Waals surface area contributed by atoms with Gasteiger partial charge in [0, 0.05) is 49.1 Å². The highest BCUT2D eigenvalue weighted by Crippen LogP contribution is 2.39. The standard InChI is InChI=1S/C28H28FN7O4/c1-17(2)26(37)36-12-11-34(15-28(36,3)4)24-23-20(19-7-5-6-8-21(19)29)14-35(25(23)32-16-31-24)22-13-18(9-10-30-22)27(38)40-33-39/h5-10,13-14,16-17H,11-12,15H2,1-4H3. The van der Waals surface area contributed by atoms with E-state index in [1.165, 1.54) is 30.7 Å². The summed E-state index contributed by atoms with van der Waals surface area (Å²) >= 11 is 0. The van der Waals surface area contributed by atoms with Crippen molar-refractivity contribution in [3.8, 4) is 16.9 Å².